The summed E-state index contributed by atoms with van der Waals surface area (Å²) in [5.41, 5.74) is 1.25. The molecular weight excluding hydrogens is 140 g/mol. The summed E-state index contributed by atoms with van der Waals surface area (Å²) in [6, 6.07) is 0. The van der Waals surface area contributed by atoms with Crippen molar-refractivity contribution in [2.24, 2.45) is 0 Å². The molecule has 1 rings (SSSR count). The smallest absolute Gasteiger partial charge is 0.125 e. The minimum absolute atomic E-state index is 0.0615. The Bertz CT molecular complexity index is 153. The lowest BCUT2D eigenvalue weighted by Gasteiger charge is -2.07. The van der Waals surface area contributed by atoms with Crippen LogP contribution in [0.2, 0.25) is 0 Å². The van der Waals surface area contributed by atoms with Crippen molar-refractivity contribution in [2.45, 2.75) is 32.8 Å². The van der Waals surface area contributed by atoms with Crippen molar-refractivity contribution in [2.75, 3.05) is 13.2 Å². The van der Waals surface area contributed by atoms with Crippen molar-refractivity contribution in [1.29, 1.82) is 0 Å². The van der Waals surface area contributed by atoms with Crippen LogP contribution in [0.15, 0.2) is 11.8 Å². The zero-order chi connectivity index (χ0) is 8.32. The molecule has 0 spiro atoms. The van der Waals surface area contributed by atoms with Crippen molar-refractivity contribution in [3.8, 4) is 0 Å². The Morgan fingerprint density at radius 3 is 2.64 bits per heavy atom. The highest BCUT2D eigenvalue weighted by Crippen LogP contribution is 2.30. The summed E-state index contributed by atoms with van der Waals surface area (Å²) in [6.07, 6.45) is 2.84. The molecule has 0 aromatic rings. The van der Waals surface area contributed by atoms with Crippen LogP contribution < -0.4 is 0 Å². The molecule has 0 aliphatic carbocycles. The number of hydrogen-bond acceptors (Lipinski definition) is 2. The van der Waals surface area contributed by atoms with Gasteiger partial charge in [0.1, 0.15) is 12.2 Å². The van der Waals surface area contributed by atoms with Gasteiger partial charge in [-0.25, -0.2) is 0 Å². The molecule has 2 heteroatoms. The molecule has 1 unspecified atom stereocenters. The molecule has 0 bridgehead atoms. The normalized spacial score (nSPS) is 27.9. The fraction of sp³-hybridized carbons (Fsp3) is 0.778. The van der Waals surface area contributed by atoms with Gasteiger partial charge in [0.25, 0.3) is 0 Å². The van der Waals surface area contributed by atoms with Crippen LogP contribution in [0.4, 0.5) is 0 Å². The van der Waals surface area contributed by atoms with E-state index < -0.39 is 0 Å². The van der Waals surface area contributed by atoms with E-state index >= 15 is 0 Å². The van der Waals surface area contributed by atoms with E-state index in [0.717, 1.165) is 13.0 Å². The lowest BCUT2D eigenvalue weighted by molar-refractivity contribution is 0.147. The monoisotopic (exact) mass is 156 g/mol. The third kappa shape index (κ3) is 2.54. The van der Waals surface area contributed by atoms with Gasteiger partial charge < -0.3 is 9.47 Å². The van der Waals surface area contributed by atoms with Crippen LogP contribution in [0.1, 0.15) is 27.2 Å². The number of allylic oxidation sites excluding steroid dienone is 1. The molecule has 0 saturated carbocycles. The molecule has 0 aromatic carbocycles. The molecule has 0 N–H and O–H groups in total. The fourth-order valence-electron chi connectivity index (χ4n) is 0.852. The number of epoxide rings is 1. The van der Waals surface area contributed by atoms with Gasteiger partial charge in [-0.05, 0) is 25.8 Å². The van der Waals surface area contributed by atoms with E-state index in [4.69, 9.17) is 9.47 Å². The first-order chi connectivity index (χ1) is 5.18. The number of ether oxygens (including phenoxy) is 2. The molecule has 1 fully saturated rings. The molecule has 1 saturated heterocycles. The molecule has 0 amide bonds. The topological polar surface area (TPSA) is 21.8 Å². The van der Waals surface area contributed by atoms with Crippen LogP contribution in [0.25, 0.3) is 0 Å². The second-order valence-corrected chi connectivity index (χ2v) is 3.33. The summed E-state index contributed by atoms with van der Waals surface area (Å²) in [4.78, 5) is 0. The minimum Gasteiger partial charge on any atom is -0.498 e. The summed E-state index contributed by atoms with van der Waals surface area (Å²) >= 11 is 0. The maximum absolute atomic E-state index is 5.33. The zero-order valence-corrected chi connectivity index (χ0v) is 7.52. The van der Waals surface area contributed by atoms with Crippen molar-refractivity contribution in [1.82, 2.24) is 0 Å². The highest BCUT2D eigenvalue weighted by Gasteiger charge is 2.43. The Labute approximate surface area is 68.2 Å². The van der Waals surface area contributed by atoms with Crippen LogP contribution in [-0.2, 0) is 9.47 Å². The lowest BCUT2D eigenvalue weighted by Crippen LogP contribution is -2.16. The number of hydrogen-bond donors (Lipinski definition) is 0. The summed E-state index contributed by atoms with van der Waals surface area (Å²) in [6.45, 7) is 7.73. The van der Waals surface area contributed by atoms with Gasteiger partial charge in [0, 0.05) is 0 Å². The Balaban J connectivity index is 2.17. The van der Waals surface area contributed by atoms with Crippen LogP contribution in [0, 0.1) is 0 Å². The van der Waals surface area contributed by atoms with Crippen LogP contribution in [0.5, 0.6) is 0 Å². The van der Waals surface area contributed by atoms with E-state index in [0.29, 0.717) is 6.61 Å². The van der Waals surface area contributed by atoms with Crippen molar-refractivity contribution in [3.05, 3.63) is 11.8 Å². The van der Waals surface area contributed by atoms with Crippen LogP contribution in [0.3, 0.4) is 0 Å². The molecule has 0 radical (unpaired) electrons. The first-order valence-electron chi connectivity index (χ1n) is 4.07. The molecule has 1 atom stereocenters. The average molecular weight is 156 g/mol. The van der Waals surface area contributed by atoms with Crippen molar-refractivity contribution >= 4 is 0 Å². The molecule has 11 heavy (non-hydrogen) atoms. The SMILES string of the molecule is CCC1(COC=C(C)C)CO1. The lowest BCUT2D eigenvalue weighted by atomic mass is 10.1. The first-order valence-corrected chi connectivity index (χ1v) is 4.07. The van der Waals surface area contributed by atoms with Gasteiger partial charge in [0.15, 0.2) is 0 Å². The van der Waals surface area contributed by atoms with Crippen LogP contribution >= 0.6 is 0 Å². The van der Waals surface area contributed by atoms with E-state index in [1.807, 2.05) is 13.8 Å². The molecule has 2 nitrogen and oxygen atoms in total. The maximum atomic E-state index is 5.33. The van der Waals surface area contributed by atoms with Gasteiger partial charge >= 0.3 is 0 Å². The Kier molecular flexibility index (Phi) is 2.55. The minimum atomic E-state index is 0.0615. The number of rotatable bonds is 4. The first kappa shape index (κ1) is 8.60. The van der Waals surface area contributed by atoms with Gasteiger partial charge in [0.2, 0.25) is 0 Å². The molecular formula is C9H16O2. The summed E-state index contributed by atoms with van der Waals surface area (Å²) in [7, 11) is 0. The fourth-order valence-corrected chi connectivity index (χ4v) is 0.852. The maximum Gasteiger partial charge on any atom is 0.125 e. The Morgan fingerprint density at radius 1 is 1.64 bits per heavy atom. The molecule has 64 valence electrons. The predicted molar refractivity (Wildman–Crippen MR) is 44.4 cm³/mol. The Hall–Kier alpha value is -0.500. The van der Waals surface area contributed by atoms with Gasteiger partial charge in [-0.3, -0.25) is 0 Å². The van der Waals surface area contributed by atoms with Crippen molar-refractivity contribution < 1.29 is 9.47 Å². The molecule has 1 aliphatic heterocycles. The van der Waals surface area contributed by atoms with Gasteiger partial charge in [0.05, 0.1) is 12.9 Å². The standard InChI is InChI=1S/C9H16O2/c1-4-9(7-11-9)6-10-5-8(2)3/h5H,4,6-7H2,1-3H3. The summed E-state index contributed by atoms with van der Waals surface area (Å²) in [5.74, 6) is 0. The summed E-state index contributed by atoms with van der Waals surface area (Å²) in [5, 5.41) is 0. The zero-order valence-electron chi connectivity index (χ0n) is 7.52. The summed E-state index contributed by atoms with van der Waals surface area (Å²) < 4.78 is 10.6. The van der Waals surface area contributed by atoms with E-state index in [9.17, 15) is 0 Å². The van der Waals surface area contributed by atoms with E-state index in [1.54, 1.807) is 6.26 Å². The third-order valence-electron chi connectivity index (χ3n) is 1.86. The van der Waals surface area contributed by atoms with E-state index in [1.165, 1.54) is 5.57 Å². The van der Waals surface area contributed by atoms with Crippen molar-refractivity contribution in [3.63, 3.8) is 0 Å². The second kappa shape index (κ2) is 3.26. The van der Waals surface area contributed by atoms with Gasteiger partial charge in [-0.1, -0.05) is 6.92 Å². The Morgan fingerprint density at radius 2 is 2.27 bits per heavy atom. The van der Waals surface area contributed by atoms with Gasteiger partial charge in [-0.15, -0.1) is 0 Å². The second-order valence-electron chi connectivity index (χ2n) is 3.33. The molecule has 1 heterocycles. The molecule has 0 aromatic heterocycles. The van der Waals surface area contributed by atoms with E-state index in [-0.39, 0.29) is 5.60 Å². The highest BCUT2D eigenvalue weighted by atomic mass is 16.6. The quantitative estimate of drug-likeness (QED) is 0.459. The van der Waals surface area contributed by atoms with E-state index in [2.05, 4.69) is 6.92 Å². The largest absolute Gasteiger partial charge is 0.498 e. The van der Waals surface area contributed by atoms with Gasteiger partial charge in [-0.2, -0.15) is 0 Å². The average Bonchev–Trinajstić information content (AvgIpc) is 2.69. The van der Waals surface area contributed by atoms with Crippen LogP contribution in [-0.4, -0.2) is 18.8 Å². The highest BCUT2D eigenvalue weighted by molar-refractivity contribution is 4.93. The third-order valence-corrected chi connectivity index (χ3v) is 1.86. The predicted octanol–water partition coefficient (Wildman–Crippen LogP) is 2.11. The molecule has 1 aliphatic rings.